The summed E-state index contributed by atoms with van der Waals surface area (Å²) in [6, 6.07) is 0.192. The molecular formula is C14H26N2O2. The SMILES string of the molecule is COC1CC(NC(=O)C2(N)CCCCC2)C1(C)C. The third-order valence-corrected chi connectivity index (χ3v) is 4.97. The monoisotopic (exact) mass is 254 g/mol. The van der Waals surface area contributed by atoms with Crippen LogP contribution in [0.25, 0.3) is 0 Å². The first-order chi connectivity index (χ1) is 8.40. The highest BCUT2D eigenvalue weighted by atomic mass is 16.5. The van der Waals surface area contributed by atoms with Crippen LogP contribution in [-0.2, 0) is 9.53 Å². The zero-order valence-electron chi connectivity index (χ0n) is 11.8. The maximum absolute atomic E-state index is 12.3. The molecule has 3 N–H and O–H groups in total. The first-order valence-electron chi connectivity index (χ1n) is 7.03. The average molecular weight is 254 g/mol. The van der Waals surface area contributed by atoms with Crippen LogP contribution in [0, 0.1) is 5.41 Å². The van der Waals surface area contributed by atoms with E-state index in [2.05, 4.69) is 19.2 Å². The lowest BCUT2D eigenvalue weighted by Gasteiger charge is -2.52. The van der Waals surface area contributed by atoms with E-state index in [4.69, 9.17) is 10.5 Å². The minimum absolute atomic E-state index is 0.00936. The van der Waals surface area contributed by atoms with E-state index < -0.39 is 5.54 Å². The number of ether oxygens (including phenoxy) is 1. The Morgan fingerprint density at radius 1 is 1.28 bits per heavy atom. The lowest BCUT2D eigenvalue weighted by atomic mass is 9.64. The van der Waals surface area contributed by atoms with Crippen LogP contribution in [0.2, 0.25) is 0 Å². The van der Waals surface area contributed by atoms with Crippen molar-refractivity contribution < 1.29 is 9.53 Å². The van der Waals surface area contributed by atoms with E-state index in [1.807, 2.05) is 0 Å². The highest BCUT2D eigenvalue weighted by molar-refractivity contribution is 5.86. The van der Waals surface area contributed by atoms with Gasteiger partial charge in [-0.3, -0.25) is 4.79 Å². The molecule has 4 heteroatoms. The molecular weight excluding hydrogens is 228 g/mol. The van der Waals surface area contributed by atoms with Gasteiger partial charge in [0.05, 0.1) is 11.6 Å². The van der Waals surface area contributed by atoms with E-state index in [0.29, 0.717) is 0 Å². The van der Waals surface area contributed by atoms with Gasteiger partial charge in [0.2, 0.25) is 5.91 Å². The lowest BCUT2D eigenvalue weighted by molar-refractivity contribution is -0.138. The third-order valence-electron chi connectivity index (χ3n) is 4.97. The van der Waals surface area contributed by atoms with Gasteiger partial charge in [-0.1, -0.05) is 33.1 Å². The van der Waals surface area contributed by atoms with E-state index in [1.54, 1.807) is 7.11 Å². The van der Waals surface area contributed by atoms with Gasteiger partial charge in [-0.15, -0.1) is 0 Å². The molecule has 0 aromatic carbocycles. The second-order valence-electron chi connectivity index (χ2n) is 6.52. The summed E-state index contributed by atoms with van der Waals surface area (Å²) in [7, 11) is 1.73. The Morgan fingerprint density at radius 2 is 1.89 bits per heavy atom. The molecule has 1 amide bonds. The van der Waals surface area contributed by atoms with Crippen LogP contribution in [0.4, 0.5) is 0 Å². The zero-order valence-corrected chi connectivity index (χ0v) is 11.8. The van der Waals surface area contributed by atoms with Crippen molar-refractivity contribution >= 4 is 5.91 Å². The Kier molecular flexibility index (Phi) is 3.70. The normalized spacial score (nSPS) is 33.6. The van der Waals surface area contributed by atoms with Gasteiger partial charge in [0, 0.05) is 18.6 Å². The van der Waals surface area contributed by atoms with E-state index in [0.717, 1.165) is 32.1 Å². The first-order valence-corrected chi connectivity index (χ1v) is 7.03. The van der Waals surface area contributed by atoms with Crippen LogP contribution in [0.5, 0.6) is 0 Å². The largest absolute Gasteiger partial charge is 0.381 e. The minimum Gasteiger partial charge on any atom is -0.381 e. The number of hydrogen-bond donors (Lipinski definition) is 2. The number of hydrogen-bond acceptors (Lipinski definition) is 3. The predicted molar refractivity (Wildman–Crippen MR) is 71.1 cm³/mol. The summed E-state index contributed by atoms with van der Waals surface area (Å²) in [6.07, 6.45) is 6.11. The maximum atomic E-state index is 12.3. The highest BCUT2D eigenvalue weighted by Gasteiger charge is 2.50. The lowest BCUT2D eigenvalue weighted by Crippen LogP contribution is -2.66. The van der Waals surface area contributed by atoms with Crippen molar-refractivity contribution in [1.82, 2.24) is 5.32 Å². The molecule has 0 bridgehead atoms. The van der Waals surface area contributed by atoms with E-state index in [9.17, 15) is 4.79 Å². The molecule has 104 valence electrons. The molecule has 2 unspecified atom stereocenters. The van der Waals surface area contributed by atoms with Crippen molar-refractivity contribution in [1.29, 1.82) is 0 Å². The van der Waals surface area contributed by atoms with Crippen molar-refractivity contribution in [2.75, 3.05) is 7.11 Å². The number of carbonyl (C=O) groups is 1. The van der Waals surface area contributed by atoms with E-state index >= 15 is 0 Å². The summed E-state index contributed by atoms with van der Waals surface area (Å²) in [4.78, 5) is 12.3. The second-order valence-corrected chi connectivity index (χ2v) is 6.52. The smallest absolute Gasteiger partial charge is 0.240 e. The summed E-state index contributed by atoms with van der Waals surface area (Å²) in [5.74, 6) is 0.0369. The number of methoxy groups -OCH3 is 1. The molecule has 0 saturated heterocycles. The minimum atomic E-state index is -0.632. The molecule has 2 fully saturated rings. The summed E-state index contributed by atoms with van der Waals surface area (Å²) in [5, 5.41) is 3.14. The van der Waals surface area contributed by atoms with Gasteiger partial charge in [-0.25, -0.2) is 0 Å². The van der Waals surface area contributed by atoms with Crippen molar-refractivity contribution in [2.45, 2.75) is 70.1 Å². The molecule has 0 aromatic heterocycles. The fraction of sp³-hybridized carbons (Fsp3) is 0.929. The molecule has 4 nitrogen and oxygen atoms in total. The Labute approximate surface area is 110 Å². The Balaban J connectivity index is 1.92. The topological polar surface area (TPSA) is 64.3 Å². The van der Waals surface area contributed by atoms with Crippen LogP contribution < -0.4 is 11.1 Å². The Morgan fingerprint density at radius 3 is 2.39 bits per heavy atom. The van der Waals surface area contributed by atoms with Gasteiger partial charge in [-0.2, -0.15) is 0 Å². The van der Waals surface area contributed by atoms with Gasteiger partial charge >= 0.3 is 0 Å². The Hall–Kier alpha value is -0.610. The summed E-state index contributed by atoms with van der Waals surface area (Å²) < 4.78 is 5.40. The Bertz CT molecular complexity index is 322. The molecule has 0 aliphatic heterocycles. The van der Waals surface area contributed by atoms with Gasteiger partial charge in [-0.05, 0) is 19.3 Å². The molecule has 0 radical (unpaired) electrons. The fourth-order valence-electron chi connectivity index (χ4n) is 3.24. The first kappa shape index (κ1) is 13.8. The summed E-state index contributed by atoms with van der Waals surface area (Å²) >= 11 is 0. The van der Waals surface area contributed by atoms with Gasteiger partial charge in [0.25, 0.3) is 0 Å². The standard InChI is InChI=1S/C14H26N2O2/c1-13(2)10(9-11(13)18-3)16-12(17)14(15)7-5-4-6-8-14/h10-11H,4-9,15H2,1-3H3,(H,16,17). The predicted octanol–water partition coefficient (Wildman–Crippen LogP) is 1.58. The van der Waals surface area contributed by atoms with Crippen LogP contribution in [-0.4, -0.2) is 30.7 Å². The highest BCUT2D eigenvalue weighted by Crippen LogP contribution is 2.42. The summed E-state index contributed by atoms with van der Waals surface area (Å²) in [6.45, 7) is 4.28. The molecule has 18 heavy (non-hydrogen) atoms. The van der Waals surface area contributed by atoms with Gasteiger partial charge < -0.3 is 15.8 Å². The van der Waals surface area contributed by atoms with Crippen LogP contribution in [0.1, 0.15) is 52.4 Å². The van der Waals surface area contributed by atoms with Crippen molar-refractivity contribution in [3.63, 3.8) is 0 Å². The van der Waals surface area contributed by atoms with E-state index in [1.165, 1.54) is 6.42 Å². The zero-order chi connectivity index (χ0) is 13.4. The van der Waals surface area contributed by atoms with Crippen molar-refractivity contribution in [3.05, 3.63) is 0 Å². The van der Waals surface area contributed by atoms with E-state index in [-0.39, 0.29) is 23.5 Å². The average Bonchev–Trinajstić information content (AvgIpc) is 2.34. The molecule has 2 rings (SSSR count). The third kappa shape index (κ3) is 2.28. The molecule has 2 aliphatic carbocycles. The van der Waals surface area contributed by atoms with Crippen molar-refractivity contribution in [2.24, 2.45) is 11.1 Å². The van der Waals surface area contributed by atoms with Crippen LogP contribution in [0.3, 0.4) is 0 Å². The number of nitrogens with two attached hydrogens (primary N) is 1. The number of nitrogens with one attached hydrogen (secondary N) is 1. The van der Waals surface area contributed by atoms with Gasteiger partial charge in [0.1, 0.15) is 0 Å². The molecule has 0 heterocycles. The molecule has 2 saturated carbocycles. The van der Waals surface area contributed by atoms with Crippen molar-refractivity contribution in [3.8, 4) is 0 Å². The quantitative estimate of drug-likeness (QED) is 0.803. The second kappa shape index (κ2) is 4.82. The number of rotatable bonds is 3. The number of amides is 1. The fourth-order valence-corrected chi connectivity index (χ4v) is 3.24. The molecule has 2 aliphatic rings. The molecule has 2 atom stereocenters. The van der Waals surface area contributed by atoms with Crippen LogP contribution >= 0.6 is 0 Å². The van der Waals surface area contributed by atoms with Crippen LogP contribution in [0.15, 0.2) is 0 Å². The molecule has 0 aromatic rings. The number of carbonyl (C=O) groups excluding carboxylic acids is 1. The summed E-state index contributed by atoms with van der Waals surface area (Å²) in [5.41, 5.74) is 5.62. The molecule has 0 spiro atoms. The maximum Gasteiger partial charge on any atom is 0.240 e. The van der Waals surface area contributed by atoms with Gasteiger partial charge in [0.15, 0.2) is 0 Å².